The summed E-state index contributed by atoms with van der Waals surface area (Å²) in [5, 5.41) is 1.15. The molecule has 3 N–H and O–H groups in total. The lowest BCUT2D eigenvalue weighted by atomic mass is 10.1. The van der Waals surface area contributed by atoms with E-state index in [-0.39, 0.29) is 0 Å². The fourth-order valence-corrected chi connectivity index (χ4v) is 2.51. The molecule has 0 fully saturated rings. The molecule has 0 amide bonds. The average Bonchev–Trinajstić information content (AvgIpc) is 2.57. The van der Waals surface area contributed by atoms with Crippen molar-refractivity contribution in [3.8, 4) is 5.75 Å². The second-order valence-corrected chi connectivity index (χ2v) is 4.64. The number of hydrogen-bond donors (Lipinski definition) is 2. The maximum Gasteiger partial charge on any atom is 0.143 e. The molecule has 3 nitrogen and oxygen atoms in total. The first-order valence-corrected chi connectivity index (χ1v) is 6.01. The molecule has 0 aliphatic heterocycles. The summed E-state index contributed by atoms with van der Waals surface area (Å²) in [6, 6.07) is 4.16. The predicted molar refractivity (Wildman–Crippen MR) is 70.0 cm³/mol. The minimum Gasteiger partial charge on any atom is -0.495 e. The van der Waals surface area contributed by atoms with Crippen molar-refractivity contribution in [2.45, 2.75) is 13.3 Å². The second-order valence-electron chi connectivity index (χ2n) is 3.85. The molecule has 0 unspecified atom stereocenters. The number of H-pyrrole nitrogens is 1. The van der Waals surface area contributed by atoms with Crippen LogP contribution in [0.5, 0.6) is 5.75 Å². The Morgan fingerprint density at radius 3 is 2.81 bits per heavy atom. The van der Waals surface area contributed by atoms with Crippen molar-refractivity contribution >= 4 is 26.8 Å². The molecule has 0 bridgehead atoms. The monoisotopic (exact) mass is 282 g/mol. The van der Waals surface area contributed by atoms with Crippen LogP contribution in [0.25, 0.3) is 10.9 Å². The number of nitrogens with two attached hydrogens (primary N) is 1. The highest BCUT2D eigenvalue weighted by molar-refractivity contribution is 9.10. The summed E-state index contributed by atoms with van der Waals surface area (Å²) in [6.07, 6.45) is 0.831. The summed E-state index contributed by atoms with van der Waals surface area (Å²) in [5.74, 6) is 0.874. The summed E-state index contributed by atoms with van der Waals surface area (Å²) in [6.45, 7) is 2.69. The number of aryl methyl sites for hydroxylation is 1. The first-order chi connectivity index (χ1) is 7.67. The van der Waals surface area contributed by atoms with Crippen LogP contribution in [0, 0.1) is 6.92 Å². The van der Waals surface area contributed by atoms with E-state index in [4.69, 9.17) is 10.5 Å². The van der Waals surface area contributed by atoms with Gasteiger partial charge in [0.2, 0.25) is 0 Å². The molecular formula is C12H15BrN2O. The highest BCUT2D eigenvalue weighted by Gasteiger charge is 2.12. The molecule has 0 atom stereocenters. The maximum absolute atomic E-state index is 5.58. The van der Waals surface area contributed by atoms with Gasteiger partial charge in [0.05, 0.1) is 12.6 Å². The van der Waals surface area contributed by atoms with Crippen molar-refractivity contribution in [1.29, 1.82) is 0 Å². The zero-order chi connectivity index (χ0) is 11.7. The molecule has 0 aliphatic rings. The van der Waals surface area contributed by atoms with Gasteiger partial charge in [0.25, 0.3) is 0 Å². The number of rotatable bonds is 3. The predicted octanol–water partition coefficient (Wildman–Crippen LogP) is 2.75. The third-order valence-electron chi connectivity index (χ3n) is 2.64. The summed E-state index contributed by atoms with van der Waals surface area (Å²) >= 11 is 3.61. The topological polar surface area (TPSA) is 51.0 Å². The van der Waals surface area contributed by atoms with Crippen LogP contribution in [0.1, 0.15) is 11.3 Å². The number of hydrogen-bond acceptors (Lipinski definition) is 2. The molecule has 0 aliphatic carbocycles. The van der Waals surface area contributed by atoms with E-state index in [0.717, 1.165) is 33.2 Å². The molecule has 86 valence electrons. The normalized spacial score (nSPS) is 11.0. The lowest BCUT2D eigenvalue weighted by Gasteiger charge is -2.03. The molecule has 0 spiro atoms. The van der Waals surface area contributed by atoms with E-state index in [1.807, 2.05) is 6.07 Å². The minimum atomic E-state index is 0.632. The average molecular weight is 283 g/mol. The van der Waals surface area contributed by atoms with Crippen molar-refractivity contribution in [2.75, 3.05) is 13.7 Å². The fraction of sp³-hybridized carbons (Fsp3) is 0.333. The van der Waals surface area contributed by atoms with Gasteiger partial charge in [-0.15, -0.1) is 0 Å². The second kappa shape index (κ2) is 4.47. The Labute approximate surface area is 103 Å². The van der Waals surface area contributed by atoms with Crippen molar-refractivity contribution in [2.24, 2.45) is 5.73 Å². The van der Waals surface area contributed by atoms with Gasteiger partial charge in [-0.25, -0.2) is 0 Å². The Morgan fingerprint density at radius 1 is 1.44 bits per heavy atom. The van der Waals surface area contributed by atoms with Gasteiger partial charge in [-0.1, -0.05) is 0 Å². The Bertz CT molecular complexity index is 519. The van der Waals surface area contributed by atoms with E-state index in [1.54, 1.807) is 7.11 Å². The number of benzene rings is 1. The van der Waals surface area contributed by atoms with Crippen LogP contribution in [-0.4, -0.2) is 18.6 Å². The van der Waals surface area contributed by atoms with Gasteiger partial charge >= 0.3 is 0 Å². The van der Waals surface area contributed by atoms with Crippen LogP contribution >= 0.6 is 15.9 Å². The summed E-state index contributed by atoms with van der Waals surface area (Å²) in [7, 11) is 1.69. The highest BCUT2D eigenvalue weighted by atomic mass is 79.9. The highest BCUT2D eigenvalue weighted by Crippen LogP contribution is 2.34. The van der Waals surface area contributed by atoms with Crippen molar-refractivity contribution < 1.29 is 4.74 Å². The maximum atomic E-state index is 5.58. The minimum absolute atomic E-state index is 0.632. The van der Waals surface area contributed by atoms with E-state index in [9.17, 15) is 0 Å². The first-order valence-electron chi connectivity index (χ1n) is 5.22. The van der Waals surface area contributed by atoms with Gasteiger partial charge in [-0.3, -0.25) is 0 Å². The molecule has 4 heteroatoms. The smallest absolute Gasteiger partial charge is 0.143 e. The van der Waals surface area contributed by atoms with Crippen LogP contribution in [0.2, 0.25) is 0 Å². The third-order valence-corrected chi connectivity index (χ3v) is 3.54. The van der Waals surface area contributed by atoms with Crippen LogP contribution < -0.4 is 10.5 Å². The number of aromatic nitrogens is 1. The van der Waals surface area contributed by atoms with E-state index in [1.165, 1.54) is 5.56 Å². The number of aromatic amines is 1. The van der Waals surface area contributed by atoms with E-state index >= 15 is 0 Å². The first kappa shape index (κ1) is 11.5. The fourth-order valence-electron chi connectivity index (χ4n) is 1.90. The summed E-state index contributed by atoms with van der Waals surface area (Å²) < 4.78 is 6.46. The lowest BCUT2D eigenvalue weighted by molar-refractivity contribution is 0.418. The number of ether oxygens (including phenoxy) is 1. The van der Waals surface area contributed by atoms with Gasteiger partial charge in [-0.05, 0) is 47.1 Å². The number of halogens is 1. The van der Waals surface area contributed by atoms with Crippen molar-refractivity contribution in [1.82, 2.24) is 4.98 Å². The molecular weight excluding hydrogens is 268 g/mol. The summed E-state index contributed by atoms with van der Waals surface area (Å²) in [4.78, 5) is 3.36. The van der Waals surface area contributed by atoms with Gasteiger partial charge in [0.15, 0.2) is 0 Å². The van der Waals surface area contributed by atoms with Gasteiger partial charge < -0.3 is 15.5 Å². The Morgan fingerprint density at radius 2 is 2.19 bits per heavy atom. The molecule has 1 aromatic carbocycles. The van der Waals surface area contributed by atoms with Crippen LogP contribution in [0.15, 0.2) is 16.6 Å². The Hall–Kier alpha value is -1.00. The van der Waals surface area contributed by atoms with Crippen LogP contribution in [-0.2, 0) is 6.42 Å². The summed E-state index contributed by atoms with van der Waals surface area (Å²) in [5.41, 5.74) is 8.92. The molecule has 0 radical (unpaired) electrons. The van der Waals surface area contributed by atoms with Crippen LogP contribution in [0.3, 0.4) is 0 Å². The molecule has 2 aromatic rings. The molecule has 1 heterocycles. The standard InChI is InChI=1S/C12H15BrN2O/c1-7-5-8-11(13)9(3-4-14)15-12(8)10(6-7)16-2/h5-6,15H,3-4,14H2,1-2H3. The molecule has 16 heavy (non-hydrogen) atoms. The molecule has 2 rings (SSSR count). The van der Waals surface area contributed by atoms with E-state index < -0.39 is 0 Å². The van der Waals surface area contributed by atoms with E-state index in [0.29, 0.717) is 6.54 Å². The Balaban J connectivity index is 2.69. The molecule has 0 saturated heterocycles. The molecule has 0 saturated carbocycles. The third kappa shape index (κ3) is 1.83. The zero-order valence-electron chi connectivity index (χ0n) is 9.43. The Kier molecular flexibility index (Phi) is 3.21. The van der Waals surface area contributed by atoms with Crippen molar-refractivity contribution in [3.05, 3.63) is 27.9 Å². The number of nitrogens with one attached hydrogen (secondary N) is 1. The van der Waals surface area contributed by atoms with Gasteiger partial charge in [0, 0.05) is 22.0 Å². The van der Waals surface area contributed by atoms with Crippen molar-refractivity contribution in [3.63, 3.8) is 0 Å². The van der Waals surface area contributed by atoms with Crippen LogP contribution in [0.4, 0.5) is 0 Å². The van der Waals surface area contributed by atoms with Gasteiger partial charge in [0.1, 0.15) is 5.75 Å². The van der Waals surface area contributed by atoms with E-state index in [2.05, 4.69) is 33.9 Å². The number of methoxy groups -OCH3 is 1. The SMILES string of the molecule is COc1cc(C)cc2c(Br)c(CCN)[nH]c12. The number of fused-ring (bicyclic) bond motifs is 1. The zero-order valence-corrected chi connectivity index (χ0v) is 11.0. The largest absolute Gasteiger partial charge is 0.495 e. The lowest BCUT2D eigenvalue weighted by Crippen LogP contribution is -2.03. The van der Waals surface area contributed by atoms with Gasteiger partial charge in [-0.2, -0.15) is 0 Å². The molecule has 1 aromatic heterocycles. The quantitative estimate of drug-likeness (QED) is 0.910.